The molecule has 1 fully saturated rings. The summed E-state index contributed by atoms with van der Waals surface area (Å²) in [6.07, 6.45) is 6.12. The van der Waals surface area contributed by atoms with Gasteiger partial charge in [-0.3, -0.25) is 9.89 Å². The van der Waals surface area contributed by atoms with E-state index in [4.69, 9.17) is 4.74 Å². The van der Waals surface area contributed by atoms with E-state index >= 15 is 0 Å². The smallest absolute Gasteiger partial charge is 0.279 e. The number of pyridine rings is 1. The van der Waals surface area contributed by atoms with Gasteiger partial charge < -0.3 is 9.30 Å². The lowest BCUT2D eigenvalue weighted by atomic mass is 10.2. The lowest BCUT2D eigenvalue weighted by Crippen LogP contribution is -2.24. The van der Waals surface area contributed by atoms with Gasteiger partial charge in [-0.1, -0.05) is 0 Å². The highest BCUT2D eigenvalue weighted by Crippen LogP contribution is 2.21. The number of aromatic amines is 1. The van der Waals surface area contributed by atoms with Crippen molar-refractivity contribution in [1.29, 1.82) is 0 Å². The predicted molar refractivity (Wildman–Crippen MR) is 89.8 cm³/mol. The van der Waals surface area contributed by atoms with Crippen LogP contribution in [0.1, 0.15) is 18.3 Å². The van der Waals surface area contributed by atoms with Crippen LogP contribution in [0.5, 0.6) is 0 Å². The maximum atomic E-state index is 12.8. The summed E-state index contributed by atoms with van der Waals surface area (Å²) in [6.45, 7) is 3.05. The molecule has 0 spiro atoms. The molecule has 1 aliphatic heterocycles. The molecular weight excluding hydrogens is 322 g/mol. The molecule has 0 amide bonds. The first kappa shape index (κ1) is 14.3. The Morgan fingerprint density at radius 2 is 2.28 bits per heavy atom. The van der Waals surface area contributed by atoms with Gasteiger partial charge in [-0.05, 0) is 19.4 Å². The molecule has 4 aromatic heterocycles. The Kier molecular flexibility index (Phi) is 2.98. The fraction of sp³-hybridized carbons (Fsp3) is 0.312. The van der Waals surface area contributed by atoms with Crippen molar-refractivity contribution in [2.45, 2.75) is 19.4 Å². The lowest BCUT2D eigenvalue weighted by molar-refractivity contribution is 0.186. The van der Waals surface area contributed by atoms with E-state index in [0.29, 0.717) is 36.0 Å². The van der Waals surface area contributed by atoms with Gasteiger partial charge in [0.1, 0.15) is 5.82 Å². The summed E-state index contributed by atoms with van der Waals surface area (Å²) in [4.78, 5) is 21.6. The van der Waals surface area contributed by atoms with Gasteiger partial charge in [0.25, 0.3) is 5.56 Å². The monoisotopic (exact) mass is 337 g/mol. The molecule has 5 heterocycles. The Morgan fingerprint density at radius 3 is 3.12 bits per heavy atom. The predicted octanol–water partition coefficient (Wildman–Crippen LogP) is 1.12. The van der Waals surface area contributed by atoms with Crippen molar-refractivity contribution in [2.75, 3.05) is 13.2 Å². The molecular formula is C16H15N7O2. The highest BCUT2D eigenvalue weighted by Gasteiger charge is 2.20. The van der Waals surface area contributed by atoms with Crippen molar-refractivity contribution < 1.29 is 4.74 Å². The van der Waals surface area contributed by atoms with Crippen LogP contribution < -0.4 is 5.56 Å². The van der Waals surface area contributed by atoms with Gasteiger partial charge in [-0.15, -0.1) is 0 Å². The Bertz CT molecular complexity index is 1150. The van der Waals surface area contributed by atoms with Gasteiger partial charge in [0.2, 0.25) is 0 Å². The van der Waals surface area contributed by atoms with E-state index in [2.05, 4.69) is 25.3 Å². The van der Waals surface area contributed by atoms with Crippen molar-refractivity contribution in [1.82, 2.24) is 34.5 Å². The molecule has 4 aromatic rings. The van der Waals surface area contributed by atoms with Crippen LogP contribution in [-0.4, -0.2) is 47.7 Å². The molecule has 0 saturated carbocycles. The van der Waals surface area contributed by atoms with E-state index in [1.165, 1.54) is 0 Å². The molecule has 1 saturated heterocycles. The topological polar surface area (TPSA) is 104 Å². The normalized spacial score (nSPS) is 17.7. The maximum absolute atomic E-state index is 12.8. The van der Waals surface area contributed by atoms with Gasteiger partial charge in [-0.2, -0.15) is 10.2 Å². The average molecular weight is 337 g/mol. The molecule has 126 valence electrons. The summed E-state index contributed by atoms with van der Waals surface area (Å²) in [5.74, 6) is 1.20. The minimum atomic E-state index is -0.110. The number of nitrogens with zero attached hydrogens (tertiary/aromatic N) is 6. The van der Waals surface area contributed by atoms with Crippen molar-refractivity contribution in [3.05, 3.63) is 40.8 Å². The number of nitrogens with one attached hydrogen (secondary N) is 1. The molecule has 9 heteroatoms. The van der Waals surface area contributed by atoms with Gasteiger partial charge in [0.05, 0.1) is 24.2 Å². The van der Waals surface area contributed by atoms with Crippen LogP contribution in [0.3, 0.4) is 0 Å². The third-order valence-corrected chi connectivity index (χ3v) is 4.51. The Labute approximate surface area is 141 Å². The Hall–Kier alpha value is -3.07. The first-order valence-electron chi connectivity index (χ1n) is 8.07. The van der Waals surface area contributed by atoms with E-state index in [9.17, 15) is 4.79 Å². The first-order chi connectivity index (χ1) is 12.2. The summed E-state index contributed by atoms with van der Waals surface area (Å²) >= 11 is 0. The van der Waals surface area contributed by atoms with E-state index in [0.717, 1.165) is 17.2 Å². The largest absolute Gasteiger partial charge is 0.379 e. The summed E-state index contributed by atoms with van der Waals surface area (Å²) in [5, 5.41) is 12.9. The number of aromatic nitrogens is 7. The first-order valence-corrected chi connectivity index (χ1v) is 8.07. The van der Waals surface area contributed by atoms with E-state index in [1.54, 1.807) is 28.6 Å². The van der Waals surface area contributed by atoms with Gasteiger partial charge in [0, 0.05) is 24.4 Å². The zero-order valence-corrected chi connectivity index (χ0v) is 13.5. The minimum absolute atomic E-state index is 0.0731. The van der Waals surface area contributed by atoms with Crippen molar-refractivity contribution >= 4 is 21.9 Å². The fourth-order valence-electron chi connectivity index (χ4n) is 3.27. The van der Waals surface area contributed by atoms with E-state index < -0.39 is 0 Å². The SMILES string of the molecule is Cc1nc(-n2cc3ccn(C4CCOC4)c(=O)c3n2)c2cn[nH]c2n1. The molecule has 0 bridgehead atoms. The van der Waals surface area contributed by atoms with Crippen LogP contribution in [-0.2, 0) is 4.74 Å². The highest BCUT2D eigenvalue weighted by molar-refractivity contribution is 5.83. The third-order valence-electron chi connectivity index (χ3n) is 4.51. The van der Waals surface area contributed by atoms with Crippen LogP contribution >= 0.6 is 0 Å². The molecule has 1 unspecified atom stereocenters. The third kappa shape index (κ3) is 2.16. The van der Waals surface area contributed by atoms with Crippen molar-refractivity contribution in [2.24, 2.45) is 0 Å². The number of H-pyrrole nitrogens is 1. The molecule has 1 N–H and O–H groups in total. The number of ether oxygens (including phenoxy) is 1. The standard InChI is InChI=1S/C16H15N7O2/c1-9-18-14-12(6-17-20-14)15(19-9)23-7-10-2-4-22(11-3-5-25-8-11)16(24)13(10)21-23/h2,4,6-7,11H,3,5,8H2,1H3,(H,17,18,19,20). The van der Waals surface area contributed by atoms with Crippen LogP contribution in [0.25, 0.3) is 27.8 Å². The van der Waals surface area contributed by atoms with Crippen LogP contribution in [0.4, 0.5) is 0 Å². The number of aryl methyl sites for hydroxylation is 1. The molecule has 1 atom stereocenters. The number of hydrogen-bond donors (Lipinski definition) is 1. The second-order valence-electron chi connectivity index (χ2n) is 6.15. The van der Waals surface area contributed by atoms with Gasteiger partial charge in [-0.25, -0.2) is 14.6 Å². The van der Waals surface area contributed by atoms with Gasteiger partial charge >= 0.3 is 0 Å². The van der Waals surface area contributed by atoms with Crippen LogP contribution in [0.2, 0.25) is 0 Å². The maximum Gasteiger partial charge on any atom is 0.279 e. The molecule has 0 aromatic carbocycles. The second-order valence-corrected chi connectivity index (χ2v) is 6.15. The molecule has 0 radical (unpaired) electrons. The van der Waals surface area contributed by atoms with Crippen molar-refractivity contribution in [3.63, 3.8) is 0 Å². The number of fused-ring (bicyclic) bond motifs is 2. The Balaban J connectivity index is 1.71. The number of hydrogen-bond acceptors (Lipinski definition) is 6. The molecule has 1 aliphatic rings. The summed E-state index contributed by atoms with van der Waals surface area (Å²) in [6, 6.07) is 1.98. The molecule has 9 nitrogen and oxygen atoms in total. The van der Waals surface area contributed by atoms with E-state index in [-0.39, 0.29) is 11.6 Å². The van der Waals surface area contributed by atoms with Crippen molar-refractivity contribution in [3.8, 4) is 5.82 Å². The second kappa shape index (κ2) is 5.21. The average Bonchev–Trinajstić information content (AvgIpc) is 3.34. The molecule has 5 rings (SSSR count). The van der Waals surface area contributed by atoms with Gasteiger partial charge in [0.15, 0.2) is 17.0 Å². The van der Waals surface area contributed by atoms with Crippen LogP contribution in [0, 0.1) is 6.92 Å². The zero-order chi connectivity index (χ0) is 17.0. The molecule has 0 aliphatic carbocycles. The molecule has 25 heavy (non-hydrogen) atoms. The highest BCUT2D eigenvalue weighted by atomic mass is 16.5. The van der Waals surface area contributed by atoms with E-state index in [1.807, 2.05) is 12.3 Å². The quantitative estimate of drug-likeness (QED) is 0.588. The Morgan fingerprint density at radius 1 is 1.36 bits per heavy atom. The minimum Gasteiger partial charge on any atom is -0.379 e. The summed E-state index contributed by atoms with van der Waals surface area (Å²) < 4.78 is 8.73. The van der Waals surface area contributed by atoms with Crippen LogP contribution in [0.15, 0.2) is 29.5 Å². The lowest BCUT2D eigenvalue weighted by Gasteiger charge is -2.10. The summed E-state index contributed by atoms with van der Waals surface area (Å²) in [5.41, 5.74) is 0.950. The summed E-state index contributed by atoms with van der Waals surface area (Å²) in [7, 11) is 0. The zero-order valence-electron chi connectivity index (χ0n) is 13.5. The number of rotatable bonds is 2. The fourth-order valence-corrected chi connectivity index (χ4v) is 3.27.